The molecule has 0 heterocycles. The maximum atomic E-state index is 10.8. The Labute approximate surface area is 75.1 Å². The van der Waals surface area contributed by atoms with E-state index in [2.05, 4.69) is 5.32 Å². The molecule has 0 saturated heterocycles. The third-order valence-corrected chi connectivity index (χ3v) is 2.28. The highest BCUT2D eigenvalue weighted by Gasteiger charge is 2.12. The van der Waals surface area contributed by atoms with Gasteiger partial charge in [0, 0.05) is 0 Å². The number of nitrogens with one attached hydrogen (secondary N) is 1. The molecule has 0 aliphatic carbocycles. The van der Waals surface area contributed by atoms with Gasteiger partial charge in [-0.25, -0.2) is 0 Å². The van der Waals surface area contributed by atoms with Crippen molar-refractivity contribution in [1.29, 1.82) is 0 Å². The molecule has 0 unspecified atom stereocenters. The summed E-state index contributed by atoms with van der Waals surface area (Å²) in [7, 11) is -4.01. The van der Waals surface area contributed by atoms with Gasteiger partial charge >= 0.3 is 7.60 Å². The number of hydrogen-bond acceptors (Lipinski definition) is 4. The van der Waals surface area contributed by atoms with E-state index in [1.54, 1.807) is 0 Å². The molecule has 0 rings (SSSR count). The van der Waals surface area contributed by atoms with Gasteiger partial charge in [0.1, 0.15) is 0 Å². The highest BCUT2D eigenvalue weighted by atomic mass is 32.2. The lowest BCUT2D eigenvalue weighted by Crippen LogP contribution is -2.22. The summed E-state index contributed by atoms with van der Waals surface area (Å²) in [5.74, 6) is 0.677. The summed E-state index contributed by atoms with van der Waals surface area (Å²) < 4.78 is 10.3. The van der Waals surface area contributed by atoms with E-state index in [1.165, 1.54) is 0 Å². The molecule has 0 aliphatic heterocycles. The van der Waals surface area contributed by atoms with Crippen LogP contribution in [0.5, 0.6) is 0 Å². The lowest BCUT2D eigenvalue weighted by molar-refractivity contribution is -0.110. The fraction of sp³-hybridized carbons (Fsp3) is 0.800. The Kier molecular flexibility index (Phi) is 5.78. The maximum absolute atomic E-state index is 10.8. The van der Waals surface area contributed by atoms with Crippen molar-refractivity contribution in [1.82, 2.24) is 5.32 Å². The van der Waals surface area contributed by atoms with Crippen molar-refractivity contribution in [2.45, 2.75) is 6.92 Å². The van der Waals surface area contributed by atoms with E-state index in [0.717, 1.165) is 11.8 Å². The third-order valence-electron chi connectivity index (χ3n) is 0.892. The van der Waals surface area contributed by atoms with Crippen molar-refractivity contribution >= 4 is 24.5 Å². The van der Waals surface area contributed by atoms with Crippen LogP contribution in [0.15, 0.2) is 0 Å². The van der Waals surface area contributed by atoms with E-state index >= 15 is 0 Å². The van der Waals surface area contributed by atoms with Gasteiger partial charge < -0.3 is 9.79 Å². The molecule has 0 aromatic rings. The second-order valence-corrected chi connectivity index (χ2v) is 5.02. The molecule has 0 fully saturated rings. The van der Waals surface area contributed by atoms with E-state index in [4.69, 9.17) is 9.79 Å². The molecular formula is C5H12NO4PS. The number of rotatable bonds is 5. The van der Waals surface area contributed by atoms with Crippen LogP contribution in [0.2, 0.25) is 0 Å². The summed E-state index contributed by atoms with van der Waals surface area (Å²) in [5, 5.41) is 2.27. The zero-order valence-electron chi connectivity index (χ0n) is 6.69. The molecule has 0 amide bonds. The Morgan fingerprint density at radius 3 is 2.58 bits per heavy atom. The minimum atomic E-state index is -4.01. The van der Waals surface area contributed by atoms with Crippen LogP contribution in [0.3, 0.4) is 0 Å². The molecule has 0 saturated carbocycles. The summed E-state index contributed by atoms with van der Waals surface area (Å²) in [6.07, 6.45) is -0.441. The zero-order chi connectivity index (χ0) is 9.61. The van der Waals surface area contributed by atoms with Crippen molar-refractivity contribution in [3.8, 4) is 0 Å². The molecule has 12 heavy (non-hydrogen) atoms. The number of carbonyl (C=O) groups excluding carboxylic acids is 1. The lowest BCUT2D eigenvalue weighted by Gasteiger charge is -2.04. The van der Waals surface area contributed by atoms with Crippen molar-refractivity contribution in [3.05, 3.63) is 0 Å². The largest absolute Gasteiger partial charge is 0.339 e. The van der Waals surface area contributed by atoms with Crippen molar-refractivity contribution in [2.75, 3.05) is 18.6 Å². The summed E-state index contributed by atoms with van der Waals surface area (Å²) in [4.78, 5) is 27.6. The molecule has 0 aliphatic rings. The molecule has 7 heteroatoms. The van der Waals surface area contributed by atoms with E-state index in [9.17, 15) is 9.36 Å². The van der Waals surface area contributed by atoms with Crippen LogP contribution in [-0.2, 0) is 9.36 Å². The van der Waals surface area contributed by atoms with Crippen LogP contribution >= 0.6 is 19.4 Å². The first-order valence-corrected chi connectivity index (χ1v) is 6.15. The SMILES string of the molecule is CCSC(=O)CNCP(=O)(O)O. The van der Waals surface area contributed by atoms with Crippen LogP contribution in [0, 0.1) is 0 Å². The normalized spacial score (nSPS) is 11.6. The quantitative estimate of drug-likeness (QED) is 0.557. The molecule has 72 valence electrons. The summed E-state index contributed by atoms with van der Waals surface area (Å²) >= 11 is 1.13. The Morgan fingerprint density at radius 1 is 1.58 bits per heavy atom. The standard InChI is InChI=1S/C5H12NO4PS/c1-2-12-5(7)3-6-4-11(8,9)10/h6H,2-4H2,1H3,(H2,8,9,10). The number of hydrogen-bond donors (Lipinski definition) is 3. The summed E-state index contributed by atoms with van der Waals surface area (Å²) in [6.45, 7) is 1.84. The third kappa shape index (κ3) is 8.23. The van der Waals surface area contributed by atoms with Crippen LogP contribution in [0.4, 0.5) is 0 Å². The second kappa shape index (κ2) is 5.72. The Balaban J connectivity index is 3.44. The van der Waals surface area contributed by atoms with Crippen LogP contribution in [0.1, 0.15) is 6.92 Å². The lowest BCUT2D eigenvalue weighted by atomic mass is 10.7. The minimum Gasteiger partial charge on any atom is -0.324 e. The van der Waals surface area contributed by atoms with Gasteiger partial charge in [-0.2, -0.15) is 0 Å². The molecule has 0 atom stereocenters. The highest BCUT2D eigenvalue weighted by molar-refractivity contribution is 8.13. The van der Waals surface area contributed by atoms with Crippen molar-refractivity contribution < 1.29 is 19.1 Å². The molecule has 0 spiro atoms. The Bertz CT molecular complexity index is 192. The van der Waals surface area contributed by atoms with Gasteiger partial charge in [0.25, 0.3) is 0 Å². The van der Waals surface area contributed by atoms with E-state index in [-0.39, 0.29) is 11.7 Å². The van der Waals surface area contributed by atoms with E-state index < -0.39 is 13.9 Å². The predicted molar refractivity (Wildman–Crippen MR) is 48.1 cm³/mol. The molecule has 3 N–H and O–H groups in total. The molecular weight excluding hydrogens is 201 g/mol. The van der Waals surface area contributed by atoms with Gasteiger partial charge in [-0.1, -0.05) is 18.7 Å². The van der Waals surface area contributed by atoms with Crippen LogP contribution in [-0.4, -0.2) is 33.5 Å². The molecule has 0 bridgehead atoms. The van der Waals surface area contributed by atoms with E-state index in [0.29, 0.717) is 5.75 Å². The van der Waals surface area contributed by atoms with Crippen molar-refractivity contribution in [2.24, 2.45) is 0 Å². The first-order valence-electron chi connectivity index (χ1n) is 3.36. The fourth-order valence-corrected chi connectivity index (χ4v) is 1.44. The smallest absolute Gasteiger partial charge is 0.324 e. The first kappa shape index (κ1) is 12.1. The van der Waals surface area contributed by atoms with Gasteiger partial charge in [-0.15, -0.1) is 0 Å². The Morgan fingerprint density at radius 2 is 2.17 bits per heavy atom. The zero-order valence-corrected chi connectivity index (χ0v) is 8.40. The predicted octanol–water partition coefficient (Wildman–Crippen LogP) is -0.00910. The topological polar surface area (TPSA) is 86.6 Å². The average molecular weight is 213 g/mol. The highest BCUT2D eigenvalue weighted by Crippen LogP contribution is 2.31. The van der Waals surface area contributed by atoms with Gasteiger partial charge in [-0.05, 0) is 5.75 Å². The van der Waals surface area contributed by atoms with E-state index in [1.807, 2.05) is 6.92 Å². The molecule has 0 radical (unpaired) electrons. The minimum absolute atomic E-state index is 0.00359. The first-order chi connectivity index (χ1) is 5.45. The van der Waals surface area contributed by atoms with Gasteiger partial charge in [0.05, 0.1) is 12.8 Å². The van der Waals surface area contributed by atoms with Gasteiger partial charge in [-0.3, -0.25) is 14.7 Å². The number of carbonyl (C=O) groups is 1. The second-order valence-electron chi connectivity index (χ2n) is 2.05. The molecule has 0 aromatic carbocycles. The monoisotopic (exact) mass is 213 g/mol. The van der Waals surface area contributed by atoms with Gasteiger partial charge in [0.15, 0.2) is 0 Å². The van der Waals surface area contributed by atoms with Crippen LogP contribution < -0.4 is 5.32 Å². The summed E-state index contributed by atoms with van der Waals surface area (Å²) in [5.41, 5.74) is 0. The maximum Gasteiger partial charge on any atom is 0.339 e. The van der Waals surface area contributed by atoms with Crippen LogP contribution in [0.25, 0.3) is 0 Å². The molecule has 0 aromatic heterocycles. The number of thioether (sulfide) groups is 1. The molecule has 5 nitrogen and oxygen atoms in total. The summed E-state index contributed by atoms with van der Waals surface area (Å²) in [6, 6.07) is 0. The Hall–Kier alpha value is 0.130. The average Bonchev–Trinajstić information content (AvgIpc) is 1.84. The fourth-order valence-electron chi connectivity index (χ4n) is 0.516. The van der Waals surface area contributed by atoms with Crippen molar-refractivity contribution in [3.63, 3.8) is 0 Å². The van der Waals surface area contributed by atoms with Gasteiger partial charge in [0.2, 0.25) is 5.12 Å².